The van der Waals surface area contributed by atoms with Crippen LogP contribution in [-0.2, 0) is 0 Å². The zero-order valence-electron chi connectivity index (χ0n) is 2.14. The maximum Gasteiger partial charge on any atom is 0.503 e. The van der Waals surface area contributed by atoms with Gasteiger partial charge in [0, 0.05) is 38.6 Å². The minimum atomic E-state index is -1.83. The molecule has 0 atom stereocenters. The topological polar surface area (TPSA) is 57.5 Å². The summed E-state index contributed by atoms with van der Waals surface area (Å²) in [7, 11) is 0. The molecule has 3 nitrogen and oxygen atoms in total. The van der Waals surface area contributed by atoms with Crippen molar-refractivity contribution in [1.29, 1.82) is 0 Å². The third-order valence-corrected chi connectivity index (χ3v) is 0. The third kappa shape index (κ3) is 96.4. The van der Waals surface area contributed by atoms with E-state index >= 15 is 0 Å². The number of carbonyl (C=O) groups is 1. The number of hydrogen-bond donors (Lipinski definition) is 2. The van der Waals surface area contributed by atoms with E-state index in [1.165, 1.54) is 0 Å². The van der Waals surface area contributed by atoms with E-state index in [9.17, 15) is 0 Å². The van der Waals surface area contributed by atoms with Gasteiger partial charge in [-0.25, -0.2) is 4.79 Å². The first-order chi connectivity index (χ1) is 1.73. The Kier molecular flexibility index (Phi) is 8.31. The Morgan fingerprint density at radius 2 is 1.40 bits per heavy atom. The molecule has 0 aromatic rings. The van der Waals surface area contributed by atoms with Crippen LogP contribution in [0.2, 0.25) is 0 Å². The molecule has 2 N–H and O–H groups in total. The van der Waals surface area contributed by atoms with E-state index < -0.39 is 6.16 Å². The average molecular weight is 221 g/mol. The van der Waals surface area contributed by atoms with Gasteiger partial charge in [0.2, 0.25) is 0 Å². The molecule has 0 aliphatic heterocycles. The zero-order chi connectivity index (χ0) is 3.58. The van der Waals surface area contributed by atoms with Crippen LogP contribution < -0.4 is 0 Å². The summed E-state index contributed by atoms with van der Waals surface area (Å²) in [6.45, 7) is 0. The second-order valence-corrected chi connectivity index (χ2v) is 0.283. The van der Waals surface area contributed by atoms with Crippen molar-refractivity contribution in [2.24, 2.45) is 0 Å². The Balaban J connectivity index is 0. The van der Waals surface area contributed by atoms with E-state index in [4.69, 9.17) is 15.0 Å². The molecular weight excluding hydrogens is 219 g/mol. The number of hydrogen-bond acceptors (Lipinski definition) is 1. The molecule has 0 amide bonds. The molecule has 0 aliphatic carbocycles. The molecule has 0 spiro atoms. The summed E-state index contributed by atoms with van der Waals surface area (Å²) in [6, 6.07) is 0. The van der Waals surface area contributed by atoms with Crippen LogP contribution in [0.1, 0.15) is 0 Å². The molecule has 0 aliphatic rings. The Morgan fingerprint density at radius 1 is 1.40 bits per heavy atom. The van der Waals surface area contributed by atoms with E-state index in [1.54, 1.807) is 0 Å². The largest absolute Gasteiger partial charge is 0.503 e. The number of rotatable bonds is 0. The van der Waals surface area contributed by atoms with Gasteiger partial charge < -0.3 is 10.2 Å². The monoisotopic (exact) mass is 221 g/mol. The van der Waals surface area contributed by atoms with Crippen LogP contribution in [0.15, 0.2) is 0 Å². The van der Waals surface area contributed by atoms with Gasteiger partial charge >= 0.3 is 6.16 Å². The van der Waals surface area contributed by atoms with Gasteiger partial charge in [0.15, 0.2) is 0 Å². The van der Waals surface area contributed by atoms with Crippen LogP contribution in [0.25, 0.3) is 0 Å². The zero-order valence-corrected chi connectivity index (χ0v) is 4.27. The van der Waals surface area contributed by atoms with E-state index in [-0.39, 0.29) is 38.6 Å². The molecular formula is CH2O3Tb. The minimum Gasteiger partial charge on any atom is -0.450 e. The van der Waals surface area contributed by atoms with Crippen LogP contribution in [0.5, 0.6) is 0 Å². The second-order valence-electron chi connectivity index (χ2n) is 0.283. The smallest absolute Gasteiger partial charge is 0.450 e. The number of carboxylic acid groups (broad SMARTS) is 2. The molecule has 0 rings (SSSR count). The standard InChI is InChI=1S/CH2O3.Tb/c2-1(3)4;/h(H2,2,3,4);. The molecule has 0 unspecified atom stereocenters. The third-order valence-electron chi connectivity index (χ3n) is 0. The van der Waals surface area contributed by atoms with Gasteiger partial charge in [0.25, 0.3) is 0 Å². The first-order valence-corrected chi connectivity index (χ1v) is 0.651. The van der Waals surface area contributed by atoms with Gasteiger partial charge in [-0.3, -0.25) is 0 Å². The molecule has 0 saturated heterocycles. The van der Waals surface area contributed by atoms with Crippen molar-refractivity contribution >= 4 is 6.16 Å². The molecule has 1 radical (unpaired) electrons. The quantitative estimate of drug-likeness (QED) is 0.615. The fraction of sp³-hybridized carbons (Fsp3) is 0. The normalized spacial score (nSPS) is 4.80. The SMILES string of the molecule is O=C(O)O.[Tb]. The maximum absolute atomic E-state index is 8.56. The van der Waals surface area contributed by atoms with Crippen molar-refractivity contribution < 1.29 is 53.6 Å². The van der Waals surface area contributed by atoms with Crippen molar-refractivity contribution in [3.05, 3.63) is 0 Å². The van der Waals surface area contributed by atoms with Gasteiger partial charge in [0.05, 0.1) is 0 Å². The first-order valence-electron chi connectivity index (χ1n) is 0.651. The minimum absolute atomic E-state index is 0. The summed E-state index contributed by atoms with van der Waals surface area (Å²) in [5.74, 6) is 0. The molecule has 4 heteroatoms. The van der Waals surface area contributed by atoms with E-state index in [0.29, 0.717) is 0 Å². The summed E-state index contributed by atoms with van der Waals surface area (Å²) in [4.78, 5) is 8.56. The van der Waals surface area contributed by atoms with Crippen LogP contribution in [0.4, 0.5) is 4.79 Å². The van der Waals surface area contributed by atoms with Crippen molar-refractivity contribution in [3.63, 3.8) is 0 Å². The maximum atomic E-state index is 8.56. The Bertz CT molecular complexity index is 29.9. The van der Waals surface area contributed by atoms with Crippen molar-refractivity contribution in [2.75, 3.05) is 0 Å². The molecule has 0 heterocycles. The van der Waals surface area contributed by atoms with E-state index in [2.05, 4.69) is 0 Å². The molecule has 5 heavy (non-hydrogen) atoms. The van der Waals surface area contributed by atoms with Crippen LogP contribution in [-0.4, -0.2) is 16.4 Å². The van der Waals surface area contributed by atoms with E-state index in [0.717, 1.165) is 0 Å². The van der Waals surface area contributed by atoms with Crippen LogP contribution in [0, 0.1) is 38.6 Å². The van der Waals surface area contributed by atoms with Gasteiger partial charge in [-0.2, -0.15) is 0 Å². The van der Waals surface area contributed by atoms with Crippen molar-refractivity contribution in [2.45, 2.75) is 0 Å². The molecule has 33 valence electrons. The van der Waals surface area contributed by atoms with Gasteiger partial charge in [-0.15, -0.1) is 0 Å². The molecule has 0 fully saturated rings. The van der Waals surface area contributed by atoms with Gasteiger partial charge in [0.1, 0.15) is 0 Å². The van der Waals surface area contributed by atoms with Crippen LogP contribution in [0.3, 0.4) is 0 Å². The van der Waals surface area contributed by atoms with Gasteiger partial charge in [-0.1, -0.05) is 0 Å². The molecule has 0 aromatic carbocycles. The molecule has 0 bridgehead atoms. The molecule has 0 saturated carbocycles. The summed E-state index contributed by atoms with van der Waals surface area (Å²) in [5, 5.41) is 13.9. The fourth-order valence-corrected chi connectivity index (χ4v) is 0. The summed E-state index contributed by atoms with van der Waals surface area (Å²) in [6.07, 6.45) is -1.83. The Hall–Kier alpha value is 0.556. The average Bonchev–Trinajstić information content (AvgIpc) is 0.811. The summed E-state index contributed by atoms with van der Waals surface area (Å²) in [5.41, 5.74) is 0. The summed E-state index contributed by atoms with van der Waals surface area (Å²) >= 11 is 0. The Morgan fingerprint density at radius 3 is 1.40 bits per heavy atom. The van der Waals surface area contributed by atoms with Gasteiger partial charge in [-0.05, 0) is 0 Å². The van der Waals surface area contributed by atoms with E-state index in [1.807, 2.05) is 0 Å². The Labute approximate surface area is 59.4 Å². The molecule has 0 aromatic heterocycles. The fourth-order valence-electron chi connectivity index (χ4n) is 0. The summed E-state index contributed by atoms with van der Waals surface area (Å²) < 4.78 is 0. The second kappa shape index (κ2) is 4.56. The van der Waals surface area contributed by atoms with Crippen molar-refractivity contribution in [1.82, 2.24) is 0 Å². The predicted molar refractivity (Wildman–Crippen MR) is 10.7 cm³/mol. The van der Waals surface area contributed by atoms with Crippen molar-refractivity contribution in [3.8, 4) is 0 Å². The first kappa shape index (κ1) is 9.12. The van der Waals surface area contributed by atoms with Crippen LogP contribution >= 0.6 is 0 Å². The predicted octanol–water partition coefficient (Wildman–Crippen LogP) is 0.222.